The van der Waals surface area contributed by atoms with Crippen molar-refractivity contribution in [3.05, 3.63) is 21.9 Å². The molecule has 1 saturated heterocycles. The lowest BCUT2D eigenvalue weighted by atomic mass is 10.1. The maximum absolute atomic E-state index is 12.6. The molecule has 156 valence electrons. The molecule has 1 aromatic rings. The fourth-order valence-electron chi connectivity index (χ4n) is 4.01. The van der Waals surface area contributed by atoms with Crippen LogP contribution in [-0.2, 0) is 17.8 Å². The largest absolute Gasteiger partial charge is 0.357 e. The Hall–Kier alpha value is -1.60. The van der Waals surface area contributed by atoms with Crippen molar-refractivity contribution < 1.29 is 4.79 Å². The summed E-state index contributed by atoms with van der Waals surface area (Å²) in [7, 11) is 0. The molecule has 0 aromatic carbocycles. The Bertz CT molecular complexity index is 651. The predicted octanol–water partition coefficient (Wildman–Crippen LogP) is 2.45. The van der Waals surface area contributed by atoms with E-state index < -0.39 is 0 Å². The molecule has 0 unspecified atom stereocenters. The number of amides is 1. The molecule has 0 bridgehead atoms. The zero-order chi connectivity index (χ0) is 19.8. The molecule has 2 N–H and O–H groups in total. The number of carbonyl (C=O) groups is 1. The molecule has 2 aliphatic rings. The van der Waals surface area contributed by atoms with E-state index in [1.807, 2.05) is 4.90 Å². The number of guanidine groups is 1. The number of likely N-dealkylation sites (tertiary alicyclic amines) is 1. The predicted molar refractivity (Wildman–Crippen MR) is 117 cm³/mol. The minimum atomic E-state index is 0.212. The van der Waals surface area contributed by atoms with E-state index in [9.17, 15) is 4.79 Å². The first-order chi connectivity index (χ1) is 13.7. The van der Waals surface area contributed by atoms with Crippen LogP contribution in [0.15, 0.2) is 16.4 Å². The van der Waals surface area contributed by atoms with Crippen molar-refractivity contribution in [2.75, 3.05) is 39.3 Å². The van der Waals surface area contributed by atoms with Crippen LogP contribution in [0.1, 0.15) is 50.0 Å². The number of nitrogens with zero attached hydrogens (tertiary/aromatic N) is 3. The molecule has 6 nitrogen and oxygen atoms in total. The number of aliphatic imine (C=N–C) groups is 1. The van der Waals surface area contributed by atoms with Crippen molar-refractivity contribution >= 4 is 23.2 Å². The maximum Gasteiger partial charge on any atom is 0.224 e. The first-order valence-electron chi connectivity index (χ1n) is 10.8. The normalized spacial score (nSPS) is 18.8. The Labute approximate surface area is 173 Å². The second-order valence-corrected chi connectivity index (χ2v) is 8.71. The van der Waals surface area contributed by atoms with Gasteiger partial charge in [-0.1, -0.05) is 6.92 Å². The van der Waals surface area contributed by atoms with Gasteiger partial charge in [-0.3, -0.25) is 9.79 Å². The second kappa shape index (κ2) is 10.8. The Kier molecular flexibility index (Phi) is 8.15. The number of carbonyl (C=O) groups excluding carboxylic acids is 1. The molecule has 1 fully saturated rings. The van der Waals surface area contributed by atoms with Gasteiger partial charge in [-0.05, 0) is 56.2 Å². The van der Waals surface area contributed by atoms with Crippen molar-refractivity contribution in [3.8, 4) is 0 Å². The Morgan fingerprint density at radius 1 is 1.29 bits per heavy atom. The summed E-state index contributed by atoms with van der Waals surface area (Å²) in [5.74, 6) is 1.06. The average molecular weight is 406 g/mol. The third-order valence-corrected chi connectivity index (χ3v) is 6.59. The molecule has 3 heterocycles. The molecule has 0 radical (unpaired) electrons. The van der Waals surface area contributed by atoms with Crippen molar-refractivity contribution in [1.29, 1.82) is 0 Å². The molecular weight excluding hydrogens is 370 g/mol. The van der Waals surface area contributed by atoms with Gasteiger partial charge in [-0.2, -0.15) is 0 Å². The van der Waals surface area contributed by atoms with Crippen LogP contribution >= 0.6 is 11.3 Å². The highest BCUT2D eigenvalue weighted by molar-refractivity contribution is 7.10. The third-order valence-electron chi connectivity index (χ3n) is 5.57. The van der Waals surface area contributed by atoms with E-state index in [-0.39, 0.29) is 5.91 Å². The minimum absolute atomic E-state index is 0.212. The third kappa shape index (κ3) is 5.95. The fraction of sp³-hybridized carbons (Fsp3) is 0.714. The number of fused-ring (bicyclic) bond motifs is 1. The van der Waals surface area contributed by atoms with Crippen LogP contribution in [0.25, 0.3) is 0 Å². The minimum Gasteiger partial charge on any atom is -0.357 e. The topological polar surface area (TPSA) is 60.0 Å². The molecule has 2 aliphatic heterocycles. The number of piperidine rings is 1. The number of thiophene rings is 1. The van der Waals surface area contributed by atoms with E-state index in [0.29, 0.717) is 19.0 Å². The first kappa shape index (κ1) is 21.1. The van der Waals surface area contributed by atoms with Crippen molar-refractivity contribution in [2.24, 2.45) is 4.99 Å². The molecule has 0 spiro atoms. The average Bonchev–Trinajstić information content (AvgIpc) is 3.17. The van der Waals surface area contributed by atoms with E-state index in [4.69, 9.17) is 0 Å². The summed E-state index contributed by atoms with van der Waals surface area (Å²) >= 11 is 1.81. The van der Waals surface area contributed by atoms with E-state index in [2.05, 4.69) is 45.8 Å². The summed E-state index contributed by atoms with van der Waals surface area (Å²) in [6, 6.07) is 2.62. The molecule has 1 amide bonds. The first-order valence-corrected chi connectivity index (χ1v) is 11.7. The van der Waals surface area contributed by atoms with E-state index in [1.165, 1.54) is 23.4 Å². The van der Waals surface area contributed by atoms with Crippen molar-refractivity contribution in [2.45, 2.75) is 58.5 Å². The van der Waals surface area contributed by atoms with Gasteiger partial charge in [-0.25, -0.2) is 0 Å². The Balaban J connectivity index is 1.43. The van der Waals surface area contributed by atoms with E-state index in [1.54, 1.807) is 11.3 Å². The monoisotopic (exact) mass is 405 g/mol. The number of nitrogens with one attached hydrogen (secondary N) is 2. The van der Waals surface area contributed by atoms with Gasteiger partial charge in [-0.15, -0.1) is 11.3 Å². The zero-order valence-corrected chi connectivity index (χ0v) is 18.2. The lowest BCUT2D eigenvalue weighted by molar-refractivity contribution is -0.131. The molecule has 0 atom stereocenters. The SMILES string of the molecule is CCCN1CCC(NC(=NCCC(=O)N2CCc3sccc3C2)NCC)CC1. The molecule has 1 aromatic heterocycles. The summed E-state index contributed by atoms with van der Waals surface area (Å²) in [6.07, 6.45) is 5.00. The highest BCUT2D eigenvalue weighted by Crippen LogP contribution is 2.24. The van der Waals surface area contributed by atoms with Gasteiger partial charge >= 0.3 is 0 Å². The smallest absolute Gasteiger partial charge is 0.224 e. The highest BCUT2D eigenvalue weighted by atomic mass is 32.1. The van der Waals surface area contributed by atoms with Crippen LogP contribution < -0.4 is 10.6 Å². The molecule has 28 heavy (non-hydrogen) atoms. The summed E-state index contributed by atoms with van der Waals surface area (Å²) < 4.78 is 0. The summed E-state index contributed by atoms with van der Waals surface area (Å²) in [6.45, 7) is 10.8. The van der Waals surface area contributed by atoms with Gasteiger partial charge in [0.2, 0.25) is 5.91 Å². The number of hydrogen-bond acceptors (Lipinski definition) is 4. The molecule has 0 aliphatic carbocycles. The van der Waals surface area contributed by atoms with Crippen LogP contribution in [0.3, 0.4) is 0 Å². The van der Waals surface area contributed by atoms with Crippen molar-refractivity contribution in [1.82, 2.24) is 20.4 Å². The molecule has 7 heteroatoms. The number of hydrogen-bond donors (Lipinski definition) is 2. The Morgan fingerprint density at radius 3 is 2.86 bits per heavy atom. The number of rotatable bonds is 7. The van der Waals surface area contributed by atoms with Crippen LogP contribution in [0.4, 0.5) is 0 Å². The quantitative estimate of drug-likeness (QED) is 0.540. The highest BCUT2D eigenvalue weighted by Gasteiger charge is 2.21. The van der Waals surface area contributed by atoms with Crippen LogP contribution in [0.2, 0.25) is 0 Å². The second-order valence-electron chi connectivity index (χ2n) is 7.71. The molecule has 0 saturated carbocycles. The summed E-state index contributed by atoms with van der Waals surface area (Å²) in [5.41, 5.74) is 1.32. The molecular formula is C21H35N5OS. The van der Waals surface area contributed by atoms with Crippen LogP contribution in [0.5, 0.6) is 0 Å². The summed E-state index contributed by atoms with van der Waals surface area (Å²) in [5, 5.41) is 9.03. The van der Waals surface area contributed by atoms with Gasteiger partial charge in [0.05, 0.1) is 6.54 Å². The standard InChI is InChI=1S/C21H35N5OS/c1-3-11-25-12-6-18(7-13-25)24-21(22-4-2)23-10-5-20(27)26-14-8-19-17(16-26)9-15-28-19/h9,15,18H,3-8,10-14,16H2,1-2H3,(H2,22,23,24). The molecule has 3 rings (SSSR count). The van der Waals surface area contributed by atoms with E-state index >= 15 is 0 Å². The van der Waals surface area contributed by atoms with Crippen molar-refractivity contribution in [3.63, 3.8) is 0 Å². The zero-order valence-electron chi connectivity index (χ0n) is 17.4. The van der Waals surface area contributed by atoms with Gasteiger partial charge in [0.1, 0.15) is 0 Å². The lowest BCUT2D eigenvalue weighted by Gasteiger charge is -2.32. The van der Waals surface area contributed by atoms with Gasteiger partial charge in [0.15, 0.2) is 5.96 Å². The van der Waals surface area contributed by atoms with Gasteiger partial charge in [0.25, 0.3) is 0 Å². The van der Waals surface area contributed by atoms with Crippen LogP contribution in [-0.4, -0.2) is 67.0 Å². The fourth-order valence-corrected chi connectivity index (χ4v) is 4.90. The summed E-state index contributed by atoms with van der Waals surface area (Å²) in [4.78, 5) is 23.2. The van der Waals surface area contributed by atoms with E-state index in [0.717, 1.165) is 57.9 Å². The lowest BCUT2D eigenvalue weighted by Crippen LogP contribution is -2.48. The van der Waals surface area contributed by atoms with Gasteiger partial charge < -0.3 is 20.4 Å². The van der Waals surface area contributed by atoms with Crippen LogP contribution in [0, 0.1) is 0 Å². The van der Waals surface area contributed by atoms with Gasteiger partial charge in [0, 0.05) is 50.1 Å². The maximum atomic E-state index is 12.6. The Morgan fingerprint density at radius 2 is 2.11 bits per heavy atom.